The molecule has 182 valence electrons. The molecule has 0 N–H and O–H groups in total. The van der Waals surface area contributed by atoms with Gasteiger partial charge in [-0.2, -0.15) is 0 Å². The third kappa shape index (κ3) is 7.35. The number of carbonyl (C=O) groups excluding carboxylic acids is 3. The largest absolute Gasteiger partial charge is 0.458 e. The van der Waals surface area contributed by atoms with E-state index < -0.39 is 17.9 Å². The molecule has 0 radical (unpaired) electrons. The molecule has 0 unspecified atom stereocenters. The van der Waals surface area contributed by atoms with E-state index in [2.05, 4.69) is 41.5 Å². The number of esters is 3. The highest BCUT2D eigenvalue weighted by Crippen LogP contribution is 2.37. The van der Waals surface area contributed by atoms with Gasteiger partial charge in [-0.15, -0.1) is 0 Å². The van der Waals surface area contributed by atoms with Gasteiger partial charge in [-0.3, -0.25) is 4.79 Å². The second-order valence-corrected chi connectivity index (χ2v) is 10.7. The lowest BCUT2D eigenvalue weighted by Gasteiger charge is -2.37. The molecule has 2 aliphatic carbocycles. The van der Waals surface area contributed by atoms with Gasteiger partial charge in [0, 0.05) is 6.92 Å². The molecule has 2 rings (SSSR count). The zero-order chi connectivity index (χ0) is 24.0. The highest BCUT2D eigenvalue weighted by atomic mass is 16.6. The standard InChI is InChI=1S/C26H42O6/c1-15(2)20-10-8-17(5)12-23(20)31-25(28)22(14-30-19(7)27)26(29)32-24-13-18(6)9-11-21(24)16(3)4/h14-18,20-21,23-24H,8-13H2,1-7H3/t17-,18-,20+,21+,23-,24-/m1/s1. The predicted octanol–water partition coefficient (Wildman–Crippen LogP) is 5.44. The van der Waals surface area contributed by atoms with Gasteiger partial charge in [0.05, 0.1) is 0 Å². The fraction of sp³-hybridized carbons (Fsp3) is 0.808. The van der Waals surface area contributed by atoms with E-state index in [1.165, 1.54) is 6.92 Å². The molecule has 6 nitrogen and oxygen atoms in total. The summed E-state index contributed by atoms with van der Waals surface area (Å²) in [7, 11) is 0. The SMILES string of the molecule is CC(=O)OC=C(C(=O)O[C@@H]1C[C@H](C)CC[C@H]1C(C)C)C(=O)O[C@@H]1C[C@H](C)CC[C@H]1C(C)C. The molecule has 2 aliphatic rings. The van der Waals surface area contributed by atoms with Gasteiger partial charge in [0.2, 0.25) is 0 Å². The van der Waals surface area contributed by atoms with Crippen molar-refractivity contribution in [2.45, 2.75) is 99.2 Å². The van der Waals surface area contributed by atoms with E-state index in [1.54, 1.807) is 0 Å². The predicted molar refractivity (Wildman–Crippen MR) is 122 cm³/mol. The van der Waals surface area contributed by atoms with Crippen LogP contribution in [0.25, 0.3) is 0 Å². The first-order valence-corrected chi connectivity index (χ1v) is 12.3. The Balaban J connectivity index is 2.18. The van der Waals surface area contributed by atoms with Crippen LogP contribution in [-0.4, -0.2) is 30.1 Å². The lowest BCUT2D eigenvalue weighted by molar-refractivity contribution is -0.160. The Morgan fingerprint density at radius 2 is 1.16 bits per heavy atom. The van der Waals surface area contributed by atoms with Crippen LogP contribution in [0.3, 0.4) is 0 Å². The van der Waals surface area contributed by atoms with Crippen LogP contribution in [0.4, 0.5) is 0 Å². The molecule has 6 atom stereocenters. The minimum Gasteiger partial charge on any atom is -0.458 e. The number of carbonyl (C=O) groups is 3. The maximum absolute atomic E-state index is 13.1. The minimum absolute atomic E-state index is 0.241. The smallest absolute Gasteiger partial charge is 0.349 e. The molecule has 0 aromatic rings. The van der Waals surface area contributed by atoms with Crippen molar-refractivity contribution < 1.29 is 28.6 Å². The van der Waals surface area contributed by atoms with E-state index in [0.29, 0.717) is 23.7 Å². The summed E-state index contributed by atoms with van der Waals surface area (Å²) >= 11 is 0. The average molecular weight is 451 g/mol. The van der Waals surface area contributed by atoms with Crippen LogP contribution in [0.1, 0.15) is 87.0 Å². The molecule has 6 heteroatoms. The first-order chi connectivity index (χ1) is 15.0. The zero-order valence-corrected chi connectivity index (χ0v) is 20.9. The normalized spacial score (nSPS) is 30.5. The first kappa shape index (κ1) is 26.4. The quantitative estimate of drug-likeness (QED) is 0.128. The molecule has 32 heavy (non-hydrogen) atoms. The summed E-state index contributed by atoms with van der Waals surface area (Å²) in [5, 5.41) is 0. The summed E-state index contributed by atoms with van der Waals surface area (Å²) in [6, 6.07) is 0. The van der Waals surface area contributed by atoms with E-state index in [9.17, 15) is 14.4 Å². The van der Waals surface area contributed by atoms with Gasteiger partial charge in [-0.1, -0.05) is 54.4 Å². The third-order valence-electron chi connectivity index (χ3n) is 7.22. The summed E-state index contributed by atoms with van der Waals surface area (Å²) in [6.07, 6.45) is 6.08. The Labute approximate surface area is 193 Å². The Morgan fingerprint density at radius 3 is 1.50 bits per heavy atom. The topological polar surface area (TPSA) is 78.9 Å². The first-order valence-electron chi connectivity index (χ1n) is 12.3. The van der Waals surface area contributed by atoms with Crippen LogP contribution in [0.15, 0.2) is 11.8 Å². The van der Waals surface area contributed by atoms with Crippen LogP contribution < -0.4 is 0 Å². The number of rotatable bonds is 7. The number of hydrogen-bond acceptors (Lipinski definition) is 6. The molecular weight excluding hydrogens is 408 g/mol. The molecule has 0 amide bonds. The molecule has 0 aliphatic heterocycles. The van der Waals surface area contributed by atoms with Crippen LogP contribution >= 0.6 is 0 Å². The van der Waals surface area contributed by atoms with Gasteiger partial charge < -0.3 is 14.2 Å². The van der Waals surface area contributed by atoms with Crippen LogP contribution in [0.2, 0.25) is 0 Å². The molecule has 0 saturated heterocycles. The van der Waals surface area contributed by atoms with Crippen molar-refractivity contribution in [1.82, 2.24) is 0 Å². The summed E-state index contributed by atoms with van der Waals surface area (Å²) in [5.74, 6) is -0.0428. The molecule has 0 aromatic carbocycles. The fourth-order valence-electron chi connectivity index (χ4n) is 5.22. The molecule has 0 aromatic heterocycles. The maximum atomic E-state index is 13.1. The van der Waals surface area contributed by atoms with Gasteiger partial charge in [0.15, 0.2) is 5.57 Å². The number of ether oxygens (including phenoxy) is 3. The Kier molecular flexibility index (Phi) is 9.78. The third-order valence-corrected chi connectivity index (χ3v) is 7.22. The molecular formula is C26H42O6. The van der Waals surface area contributed by atoms with Crippen molar-refractivity contribution in [3.8, 4) is 0 Å². The molecule has 0 spiro atoms. The minimum atomic E-state index is -0.772. The van der Waals surface area contributed by atoms with E-state index in [-0.39, 0.29) is 29.6 Å². The van der Waals surface area contributed by atoms with Gasteiger partial charge in [0.25, 0.3) is 0 Å². The summed E-state index contributed by atoms with van der Waals surface area (Å²) in [4.78, 5) is 37.5. The van der Waals surface area contributed by atoms with Crippen LogP contribution in [0, 0.1) is 35.5 Å². The van der Waals surface area contributed by atoms with Gasteiger partial charge in [0.1, 0.15) is 18.5 Å². The van der Waals surface area contributed by atoms with Crippen molar-refractivity contribution in [3.63, 3.8) is 0 Å². The summed E-state index contributed by atoms with van der Waals surface area (Å²) in [5.41, 5.74) is -0.346. The Bertz CT molecular complexity index is 646. The lowest BCUT2D eigenvalue weighted by atomic mass is 9.75. The van der Waals surface area contributed by atoms with Crippen LogP contribution in [0.5, 0.6) is 0 Å². The Hall–Kier alpha value is -1.85. The fourth-order valence-corrected chi connectivity index (χ4v) is 5.22. The molecule has 2 fully saturated rings. The highest BCUT2D eigenvalue weighted by molar-refractivity contribution is 6.14. The van der Waals surface area contributed by atoms with Gasteiger partial charge in [-0.05, 0) is 61.2 Å². The second kappa shape index (κ2) is 11.9. The van der Waals surface area contributed by atoms with Crippen molar-refractivity contribution in [1.29, 1.82) is 0 Å². The van der Waals surface area contributed by atoms with E-state index >= 15 is 0 Å². The molecule has 0 heterocycles. The van der Waals surface area contributed by atoms with E-state index in [4.69, 9.17) is 14.2 Å². The van der Waals surface area contributed by atoms with Gasteiger partial charge >= 0.3 is 17.9 Å². The maximum Gasteiger partial charge on any atom is 0.349 e. The molecule has 0 bridgehead atoms. The summed E-state index contributed by atoms with van der Waals surface area (Å²) in [6.45, 7) is 14.0. The highest BCUT2D eigenvalue weighted by Gasteiger charge is 2.38. The average Bonchev–Trinajstić information content (AvgIpc) is 2.67. The van der Waals surface area contributed by atoms with Crippen molar-refractivity contribution in [2.75, 3.05) is 0 Å². The molecule has 2 saturated carbocycles. The number of hydrogen-bond donors (Lipinski definition) is 0. The van der Waals surface area contributed by atoms with Crippen molar-refractivity contribution in [3.05, 3.63) is 11.8 Å². The van der Waals surface area contributed by atoms with E-state index in [0.717, 1.165) is 44.8 Å². The van der Waals surface area contributed by atoms with Crippen LogP contribution in [-0.2, 0) is 28.6 Å². The van der Waals surface area contributed by atoms with Crippen molar-refractivity contribution >= 4 is 17.9 Å². The van der Waals surface area contributed by atoms with Gasteiger partial charge in [-0.25, -0.2) is 9.59 Å². The van der Waals surface area contributed by atoms with E-state index in [1.807, 2.05) is 0 Å². The summed E-state index contributed by atoms with van der Waals surface area (Å²) < 4.78 is 16.6. The van der Waals surface area contributed by atoms with Crippen molar-refractivity contribution in [2.24, 2.45) is 35.5 Å². The zero-order valence-electron chi connectivity index (χ0n) is 20.9. The monoisotopic (exact) mass is 450 g/mol. The Morgan fingerprint density at radius 1 is 0.750 bits per heavy atom. The lowest BCUT2D eigenvalue weighted by Crippen LogP contribution is -2.39. The second-order valence-electron chi connectivity index (χ2n) is 10.7.